The Kier molecular flexibility index (Phi) is 8.97. The molecule has 1 aliphatic carbocycles. The van der Waals surface area contributed by atoms with Gasteiger partial charge < -0.3 is 0 Å². The highest BCUT2D eigenvalue weighted by atomic mass is 16.3. The molecule has 0 heterocycles. The van der Waals surface area contributed by atoms with Gasteiger partial charge in [-0.2, -0.15) is 0 Å². The topological polar surface area (TPSA) is 41.5 Å². The molecule has 1 aliphatic rings. The summed E-state index contributed by atoms with van der Waals surface area (Å²) in [6.45, 7) is 0. The van der Waals surface area contributed by atoms with Gasteiger partial charge in [0.15, 0.2) is 0 Å². The van der Waals surface area contributed by atoms with E-state index >= 15 is 0 Å². The van der Waals surface area contributed by atoms with E-state index in [1.54, 1.807) is 0 Å². The highest BCUT2D eigenvalue weighted by Crippen LogP contribution is 2.16. The van der Waals surface area contributed by atoms with Crippen LogP contribution in [0.1, 0.15) is 83.5 Å². The minimum Gasteiger partial charge on any atom is -0.271 e. The highest BCUT2D eigenvalue weighted by Gasteiger charge is 2.08. The molecular weight excluding hydrogens is 212 g/mol. The standard InChI is InChI=1S/C14H28N2O/c17-16-15-14-12-10-8-6-4-2-1-3-5-7-9-11-13-14/h14H,1-13H2,(H,15,17). The summed E-state index contributed by atoms with van der Waals surface area (Å²) in [5.74, 6) is 0. The molecule has 1 saturated carbocycles. The van der Waals surface area contributed by atoms with E-state index in [1.165, 1.54) is 70.6 Å². The third-order valence-electron chi connectivity index (χ3n) is 3.84. The average Bonchev–Trinajstić information content (AvgIpc) is 2.34. The van der Waals surface area contributed by atoms with Crippen LogP contribution in [0.5, 0.6) is 0 Å². The lowest BCUT2D eigenvalue weighted by atomic mass is 9.99. The lowest BCUT2D eigenvalue weighted by Gasteiger charge is -2.15. The minimum absolute atomic E-state index is 0.329. The summed E-state index contributed by atoms with van der Waals surface area (Å²) in [5.41, 5.74) is 2.73. The minimum atomic E-state index is 0.329. The molecule has 17 heavy (non-hydrogen) atoms. The van der Waals surface area contributed by atoms with Crippen LogP contribution in [0, 0.1) is 4.91 Å². The Bertz CT molecular complexity index is 171. The van der Waals surface area contributed by atoms with Crippen molar-refractivity contribution in [1.82, 2.24) is 5.43 Å². The Hall–Kier alpha value is -0.600. The van der Waals surface area contributed by atoms with E-state index in [-0.39, 0.29) is 0 Å². The van der Waals surface area contributed by atoms with Gasteiger partial charge in [0.1, 0.15) is 0 Å². The van der Waals surface area contributed by atoms with Gasteiger partial charge in [0, 0.05) is 11.3 Å². The van der Waals surface area contributed by atoms with Crippen molar-refractivity contribution >= 4 is 0 Å². The van der Waals surface area contributed by atoms with Crippen molar-refractivity contribution in [3.05, 3.63) is 4.91 Å². The SMILES string of the molecule is O=NNC1CCCCCCCCCCCCC1. The Labute approximate surface area is 106 Å². The molecule has 0 aliphatic heterocycles. The molecule has 0 atom stereocenters. The molecule has 0 aromatic rings. The maximum Gasteiger partial charge on any atom is 0.0499 e. The van der Waals surface area contributed by atoms with Crippen molar-refractivity contribution in [2.75, 3.05) is 0 Å². The zero-order chi connectivity index (χ0) is 12.2. The zero-order valence-corrected chi connectivity index (χ0v) is 11.1. The van der Waals surface area contributed by atoms with Gasteiger partial charge in [-0.3, -0.25) is 5.43 Å². The number of nitrogens with one attached hydrogen (secondary N) is 1. The van der Waals surface area contributed by atoms with Crippen molar-refractivity contribution < 1.29 is 0 Å². The molecule has 0 aromatic heterocycles. The first-order valence-corrected chi connectivity index (χ1v) is 7.51. The lowest BCUT2D eigenvalue weighted by Crippen LogP contribution is -2.23. The van der Waals surface area contributed by atoms with Crippen LogP contribution in [-0.2, 0) is 0 Å². The van der Waals surface area contributed by atoms with Crippen LogP contribution in [0.15, 0.2) is 5.29 Å². The fourth-order valence-electron chi connectivity index (χ4n) is 2.72. The largest absolute Gasteiger partial charge is 0.271 e. The molecule has 0 bridgehead atoms. The molecule has 1 rings (SSSR count). The number of hydrogen-bond donors (Lipinski definition) is 1. The second-order valence-corrected chi connectivity index (χ2v) is 5.38. The predicted molar refractivity (Wildman–Crippen MR) is 72.7 cm³/mol. The molecule has 3 heteroatoms. The smallest absolute Gasteiger partial charge is 0.0499 e. The molecule has 0 spiro atoms. The summed E-state index contributed by atoms with van der Waals surface area (Å²) in [6, 6.07) is 0.329. The molecule has 1 N–H and O–H groups in total. The molecule has 1 fully saturated rings. The molecule has 3 nitrogen and oxygen atoms in total. The van der Waals surface area contributed by atoms with Crippen LogP contribution in [0.25, 0.3) is 0 Å². The predicted octanol–water partition coefficient (Wildman–Crippen LogP) is 4.71. The van der Waals surface area contributed by atoms with Gasteiger partial charge in [0.2, 0.25) is 0 Å². The molecule has 0 aromatic carbocycles. The van der Waals surface area contributed by atoms with Crippen molar-refractivity contribution in [1.29, 1.82) is 0 Å². The monoisotopic (exact) mass is 240 g/mol. The van der Waals surface area contributed by atoms with Crippen LogP contribution >= 0.6 is 0 Å². The van der Waals surface area contributed by atoms with Gasteiger partial charge in [-0.05, 0) is 12.8 Å². The molecule has 0 saturated heterocycles. The van der Waals surface area contributed by atoms with E-state index in [4.69, 9.17) is 0 Å². The lowest BCUT2D eigenvalue weighted by molar-refractivity contribution is 0.413. The van der Waals surface area contributed by atoms with E-state index in [0.29, 0.717) is 6.04 Å². The van der Waals surface area contributed by atoms with Gasteiger partial charge in [0.25, 0.3) is 0 Å². The van der Waals surface area contributed by atoms with Gasteiger partial charge in [0.05, 0.1) is 0 Å². The molecule has 0 unspecified atom stereocenters. The summed E-state index contributed by atoms with van der Waals surface area (Å²) < 4.78 is 0. The van der Waals surface area contributed by atoms with Crippen LogP contribution in [0.3, 0.4) is 0 Å². The van der Waals surface area contributed by atoms with E-state index in [2.05, 4.69) is 10.7 Å². The normalized spacial score (nSPS) is 22.6. The van der Waals surface area contributed by atoms with Gasteiger partial charge >= 0.3 is 0 Å². The molecular formula is C14H28N2O. The zero-order valence-electron chi connectivity index (χ0n) is 11.1. The summed E-state index contributed by atoms with van der Waals surface area (Å²) in [4.78, 5) is 10.3. The number of rotatable bonds is 2. The van der Waals surface area contributed by atoms with Gasteiger partial charge in [-0.15, -0.1) is 4.91 Å². The summed E-state index contributed by atoms with van der Waals surface area (Å²) >= 11 is 0. The maximum absolute atomic E-state index is 10.3. The number of hydrogen-bond acceptors (Lipinski definition) is 2. The second-order valence-electron chi connectivity index (χ2n) is 5.38. The Morgan fingerprint density at radius 3 is 1.35 bits per heavy atom. The third-order valence-corrected chi connectivity index (χ3v) is 3.84. The van der Waals surface area contributed by atoms with E-state index in [9.17, 15) is 4.91 Å². The van der Waals surface area contributed by atoms with E-state index in [0.717, 1.165) is 12.8 Å². The molecule has 0 amide bonds. The first-order chi connectivity index (χ1) is 8.43. The van der Waals surface area contributed by atoms with Crippen molar-refractivity contribution in [3.8, 4) is 0 Å². The summed E-state index contributed by atoms with van der Waals surface area (Å²) in [6.07, 6.45) is 17.1. The van der Waals surface area contributed by atoms with Crippen LogP contribution in [-0.4, -0.2) is 6.04 Å². The van der Waals surface area contributed by atoms with Crippen LogP contribution < -0.4 is 5.43 Å². The number of nitrogens with zero attached hydrogens (tertiary/aromatic N) is 1. The Morgan fingerprint density at radius 2 is 1.00 bits per heavy atom. The average molecular weight is 240 g/mol. The number of nitroso groups, excluding NO2 is 1. The first kappa shape index (κ1) is 14.5. The van der Waals surface area contributed by atoms with Crippen molar-refractivity contribution in [2.24, 2.45) is 5.29 Å². The highest BCUT2D eigenvalue weighted by molar-refractivity contribution is 4.65. The summed E-state index contributed by atoms with van der Waals surface area (Å²) in [5, 5.41) is 2.86. The molecule has 100 valence electrons. The quantitative estimate of drug-likeness (QED) is 0.561. The summed E-state index contributed by atoms with van der Waals surface area (Å²) in [7, 11) is 0. The van der Waals surface area contributed by atoms with Crippen LogP contribution in [0.2, 0.25) is 0 Å². The van der Waals surface area contributed by atoms with Gasteiger partial charge in [-0.25, -0.2) is 0 Å². The fraction of sp³-hybridized carbons (Fsp3) is 1.00. The Balaban J connectivity index is 2.21. The third kappa shape index (κ3) is 8.17. The van der Waals surface area contributed by atoms with E-state index < -0.39 is 0 Å². The van der Waals surface area contributed by atoms with Gasteiger partial charge in [-0.1, -0.05) is 70.6 Å². The van der Waals surface area contributed by atoms with Crippen molar-refractivity contribution in [3.63, 3.8) is 0 Å². The van der Waals surface area contributed by atoms with Crippen molar-refractivity contribution in [2.45, 2.75) is 89.5 Å². The Morgan fingerprint density at radius 1 is 0.647 bits per heavy atom. The first-order valence-electron chi connectivity index (χ1n) is 7.51. The maximum atomic E-state index is 10.3. The molecule has 0 radical (unpaired) electrons. The second kappa shape index (κ2) is 10.5. The van der Waals surface area contributed by atoms with E-state index in [1.807, 2.05) is 0 Å². The fourth-order valence-corrected chi connectivity index (χ4v) is 2.72. The van der Waals surface area contributed by atoms with Crippen LogP contribution in [0.4, 0.5) is 0 Å².